The Morgan fingerprint density at radius 2 is 1.88 bits per heavy atom. The number of carbonyl (C=O) groups is 3. The number of aromatic nitrogens is 1. The molecule has 0 aliphatic carbocycles. The summed E-state index contributed by atoms with van der Waals surface area (Å²) in [6, 6.07) is 3.51. The van der Waals surface area contributed by atoms with Crippen LogP contribution in [0.4, 0.5) is 4.39 Å². The molecule has 1 aromatic heterocycles. The van der Waals surface area contributed by atoms with Crippen LogP contribution < -0.4 is 5.32 Å². The number of alkyl halides is 1. The lowest BCUT2D eigenvalue weighted by atomic mass is 9.92. The van der Waals surface area contributed by atoms with Crippen molar-refractivity contribution in [1.82, 2.24) is 20.1 Å². The zero-order valence-corrected chi connectivity index (χ0v) is 14.6. The number of halogens is 1. The van der Waals surface area contributed by atoms with Gasteiger partial charge in [-0.05, 0) is 24.1 Å². The van der Waals surface area contributed by atoms with E-state index in [1.54, 1.807) is 34.3 Å². The molecule has 0 unspecified atom stereocenters. The third-order valence-corrected chi connectivity index (χ3v) is 5.02. The van der Waals surface area contributed by atoms with Crippen LogP contribution in [0.15, 0.2) is 24.5 Å². The monoisotopic (exact) mass is 362 g/mol. The molecule has 7 nitrogen and oxygen atoms in total. The summed E-state index contributed by atoms with van der Waals surface area (Å²) in [5.41, 5.74) is -1.12. The van der Waals surface area contributed by atoms with Crippen molar-refractivity contribution in [3.8, 4) is 0 Å². The predicted molar refractivity (Wildman–Crippen MR) is 91.6 cm³/mol. The average molecular weight is 362 g/mol. The first kappa shape index (κ1) is 18.3. The van der Waals surface area contributed by atoms with Crippen molar-refractivity contribution in [2.75, 3.05) is 26.2 Å². The number of piperidine rings is 1. The molecule has 0 radical (unpaired) electrons. The van der Waals surface area contributed by atoms with Gasteiger partial charge in [0, 0.05) is 57.8 Å². The molecular formula is C18H23FN4O3. The highest BCUT2D eigenvalue weighted by molar-refractivity contribution is 5.87. The van der Waals surface area contributed by atoms with Crippen molar-refractivity contribution < 1.29 is 18.8 Å². The standard InChI is InChI=1S/C18H23FN4O3/c19-18(17(26)21-12-14-3-7-20-8-4-14)5-10-22(11-6-18)16(25)13-23-9-1-2-15(23)24/h3-4,7-8H,1-2,5-6,9-13H2,(H,21,26). The summed E-state index contributed by atoms with van der Waals surface area (Å²) in [6.07, 6.45) is 4.42. The number of hydrogen-bond acceptors (Lipinski definition) is 4. The summed E-state index contributed by atoms with van der Waals surface area (Å²) in [5.74, 6) is -0.832. The predicted octanol–water partition coefficient (Wildman–Crippen LogP) is 0.651. The summed E-state index contributed by atoms with van der Waals surface area (Å²) in [4.78, 5) is 43.1. The zero-order chi connectivity index (χ0) is 18.6. The molecule has 3 rings (SSSR count). The van der Waals surface area contributed by atoms with E-state index >= 15 is 0 Å². The SMILES string of the molecule is O=C(CN1CCCC1=O)N1CCC(F)(C(=O)NCc2ccncc2)CC1. The highest BCUT2D eigenvalue weighted by Crippen LogP contribution is 2.27. The number of amides is 3. The third-order valence-electron chi connectivity index (χ3n) is 5.02. The van der Waals surface area contributed by atoms with E-state index in [0.717, 1.165) is 12.0 Å². The molecule has 2 saturated heterocycles. The van der Waals surface area contributed by atoms with Gasteiger partial charge in [-0.25, -0.2) is 4.39 Å². The van der Waals surface area contributed by atoms with Gasteiger partial charge >= 0.3 is 0 Å². The van der Waals surface area contributed by atoms with Crippen LogP contribution in [-0.2, 0) is 20.9 Å². The van der Waals surface area contributed by atoms with Gasteiger partial charge in [-0.2, -0.15) is 0 Å². The Hall–Kier alpha value is -2.51. The smallest absolute Gasteiger partial charge is 0.258 e. The molecule has 1 aromatic rings. The summed E-state index contributed by atoms with van der Waals surface area (Å²) in [7, 11) is 0. The summed E-state index contributed by atoms with van der Waals surface area (Å²) < 4.78 is 14.9. The number of rotatable bonds is 5. The van der Waals surface area contributed by atoms with E-state index in [2.05, 4.69) is 10.3 Å². The molecule has 0 spiro atoms. The molecule has 2 aliphatic heterocycles. The second-order valence-electron chi connectivity index (χ2n) is 6.80. The molecule has 0 atom stereocenters. The Bertz CT molecular complexity index is 674. The molecule has 140 valence electrons. The molecule has 8 heteroatoms. The van der Waals surface area contributed by atoms with Gasteiger partial charge in [-0.15, -0.1) is 0 Å². The molecule has 2 fully saturated rings. The van der Waals surface area contributed by atoms with Crippen molar-refractivity contribution in [3.63, 3.8) is 0 Å². The number of nitrogens with one attached hydrogen (secondary N) is 1. The van der Waals surface area contributed by atoms with Crippen LogP contribution in [0.5, 0.6) is 0 Å². The van der Waals surface area contributed by atoms with Gasteiger partial charge in [0.05, 0.1) is 6.54 Å². The summed E-state index contributed by atoms with van der Waals surface area (Å²) in [5, 5.41) is 2.62. The number of nitrogens with zero attached hydrogens (tertiary/aromatic N) is 3. The van der Waals surface area contributed by atoms with Gasteiger partial charge in [0.2, 0.25) is 11.8 Å². The Morgan fingerprint density at radius 3 is 2.50 bits per heavy atom. The number of carbonyl (C=O) groups excluding carboxylic acids is 3. The fraction of sp³-hybridized carbons (Fsp3) is 0.556. The number of likely N-dealkylation sites (tertiary alicyclic amines) is 2. The van der Waals surface area contributed by atoms with E-state index < -0.39 is 11.6 Å². The van der Waals surface area contributed by atoms with Crippen LogP contribution in [0.25, 0.3) is 0 Å². The normalized spacial score (nSPS) is 19.5. The Kier molecular flexibility index (Phi) is 5.49. The van der Waals surface area contributed by atoms with Crippen molar-refractivity contribution in [2.24, 2.45) is 0 Å². The first-order chi connectivity index (χ1) is 12.5. The highest BCUT2D eigenvalue weighted by Gasteiger charge is 2.42. The Balaban J connectivity index is 1.47. The van der Waals surface area contributed by atoms with Crippen LogP contribution in [0.3, 0.4) is 0 Å². The lowest BCUT2D eigenvalue weighted by molar-refractivity contribution is -0.144. The van der Waals surface area contributed by atoms with Crippen LogP contribution in [0.1, 0.15) is 31.2 Å². The van der Waals surface area contributed by atoms with E-state index in [1.807, 2.05) is 0 Å². The quantitative estimate of drug-likeness (QED) is 0.834. The number of pyridine rings is 1. The molecular weight excluding hydrogens is 339 g/mol. The van der Waals surface area contributed by atoms with Crippen LogP contribution >= 0.6 is 0 Å². The fourth-order valence-corrected chi connectivity index (χ4v) is 3.31. The minimum absolute atomic E-state index is 0.00862. The summed E-state index contributed by atoms with van der Waals surface area (Å²) in [6.45, 7) is 1.25. The Labute approximate surface area is 151 Å². The second-order valence-corrected chi connectivity index (χ2v) is 6.80. The number of hydrogen-bond donors (Lipinski definition) is 1. The molecule has 3 heterocycles. The third kappa shape index (κ3) is 4.17. The topological polar surface area (TPSA) is 82.6 Å². The lowest BCUT2D eigenvalue weighted by Gasteiger charge is -2.36. The maximum absolute atomic E-state index is 14.9. The highest BCUT2D eigenvalue weighted by atomic mass is 19.1. The molecule has 2 aliphatic rings. The second kappa shape index (κ2) is 7.80. The van der Waals surface area contributed by atoms with Gasteiger partial charge < -0.3 is 15.1 Å². The molecule has 3 amide bonds. The first-order valence-electron chi connectivity index (χ1n) is 8.90. The van der Waals surface area contributed by atoms with Crippen molar-refractivity contribution in [2.45, 2.75) is 37.9 Å². The van der Waals surface area contributed by atoms with Crippen molar-refractivity contribution in [3.05, 3.63) is 30.1 Å². The summed E-state index contributed by atoms with van der Waals surface area (Å²) >= 11 is 0. The van der Waals surface area contributed by atoms with Crippen LogP contribution in [0, 0.1) is 0 Å². The molecule has 0 bridgehead atoms. The first-order valence-corrected chi connectivity index (χ1v) is 8.90. The van der Waals surface area contributed by atoms with E-state index in [9.17, 15) is 18.8 Å². The molecule has 1 N–H and O–H groups in total. The van der Waals surface area contributed by atoms with Crippen molar-refractivity contribution >= 4 is 17.7 Å². The van der Waals surface area contributed by atoms with Gasteiger partial charge in [0.25, 0.3) is 5.91 Å². The zero-order valence-electron chi connectivity index (χ0n) is 14.6. The van der Waals surface area contributed by atoms with E-state index in [4.69, 9.17) is 0 Å². The average Bonchev–Trinajstić information content (AvgIpc) is 3.05. The fourth-order valence-electron chi connectivity index (χ4n) is 3.31. The van der Waals surface area contributed by atoms with Gasteiger partial charge in [-0.1, -0.05) is 0 Å². The van der Waals surface area contributed by atoms with Crippen molar-refractivity contribution in [1.29, 1.82) is 0 Å². The lowest BCUT2D eigenvalue weighted by Crippen LogP contribution is -2.53. The van der Waals surface area contributed by atoms with Gasteiger partial charge in [0.15, 0.2) is 5.67 Å². The van der Waals surface area contributed by atoms with Gasteiger partial charge in [-0.3, -0.25) is 19.4 Å². The van der Waals surface area contributed by atoms with E-state index in [-0.39, 0.29) is 50.8 Å². The van der Waals surface area contributed by atoms with E-state index in [1.165, 1.54) is 0 Å². The Morgan fingerprint density at radius 1 is 1.19 bits per heavy atom. The molecule has 0 saturated carbocycles. The van der Waals surface area contributed by atoms with Crippen LogP contribution in [-0.4, -0.2) is 64.4 Å². The largest absolute Gasteiger partial charge is 0.349 e. The maximum atomic E-state index is 14.9. The van der Waals surface area contributed by atoms with Gasteiger partial charge in [0.1, 0.15) is 0 Å². The maximum Gasteiger partial charge on any atom is 0.258 e. The minimum atomic E-state index is -1.97. The minimum Gasteiger partial charge on any atom is -0.349 e. The molecule has 26 heavy (non-hydrogen) atoms. The molecule has 0 aromatic carbocycles. The van der Waals surface area contributed by atoms with E-state index in [0.29, 0.717) is 13.0 Å². The van der Waals surface area contributed by atoms with Crippen LogP contribution in [0.2, 0.25) is 0 Å².